The molecule has 1 heterocycles. The quantitative estimate of drug-likeness (QED) is 0.620. The average molecular weight is 508 g/mol. The summed E-state index contributed by atoms with van der Waals surface area (Å²) in [6.07, 6.45) is 3.01. The number of rotatable bonds is 7. The molecule has 1 unspecified atom stereocenters. The van der Waals surface area contributed by atoms with Crippen molar-refractivity contribution in [3.8, 4) is 0 Å². The Hall–Kier alpha value is -2.49. The summed E-state index contributed by atoms with van der Waals surface area (Å²) in [6.45, 7) is 0.394. The zero-order chi connectivity index (χ0) is 24.6. The summed E-state index contributed by atoms with van der Waals surface area (Å²) in [5.41, 5.74) is 0.858. The lowest BCUT2D eigenvalue weighted by Crippen LogP contribution is -2.47. The second kappa shape index (κ2) is 9.64. The Morgan fingerprint density at radius 1 is 1.15 bits per heavy atom. The van der Waals surface area contributed by atoms with E-state index in [2.05, 4.69) is 5.32 Å². The first-order valence-corrected chi connectivity index (χ1v) is 13.0. The van der Waals surface area contributed by atoms with Crippen LogP contribution in [0.25, 0.3) is 0 Å². The van der Waals surface area contributed by atoms with E-state index in [0.29, 0.717) is 24.9 Å². The van der Waals surface area contributed by atoms with E-state index in [-0.39, 0.29) is 33.3 Å². The summed E-state index contributed by atoms with van der Waals surface area (Å²) >= 11 is 5.81. The fraction of sp³-hybridized carbons (Fsp3) is 0.417. The van der Waals surface area contributed by atoms with Crippen molar-refractivity contribution in [1.29, 1.82) is 0 Å². The van der Waals surface area contributed by atoms with E-state index in [9.17, 15) is 22.4 Å². The Morgan fingerprint density at radius 3 is 2.53 bits per heavy atom. The number of hydrogen-bond acceptors (Lipinski definition) is 4. The van der Waals surface area contributed by atoms with Crippen LogP contribution in [0.1, 0.15) is 47.6 Å². The van der Waals surface area contributed by atoms with Crippen molar-refractivity contribution in [2.75, 3.05) is 20.6 Å². The van der Waals surface area contributed by atoms with E-state index < -0.39 is 27.8 Å². The Morgan fingerprint density at radius 2 is 1.88 bits per heavy atom. The highest BCUT2D eigenvalue weighted by Gasteiger charge is 2.39. The Kier molecular flexibility index (Phi) is 6.98. The van der Waals surface area contributed by atoms with Crippen molar-refractivity contribution in [2.45, 2.75) is 42.7 Å². The molecule has 10 heteroatoms. The molecule has 2 aliphatic rings. The van der Waals surface area contributed by atoms with Crippen LogP contribution in [-0.4, -0.2) is 56.1 Å². The first kappa shape index (κ1) is 24.6. The van der Waals surface area contributed by atoms with Crippen LogP contribution in [0, 0.1) is 11.7 Å². The van der Waals surface area contributed by atoms with Crippen molar-refractivity contribution in [3.05, 3.63) is 64.4 Å². The third kappa shape index (κ3) is 4.96. The monoisotopic (exact) mass is 507 g/mol. The number of carbonyl (C=O) groups excluding carboxylic acids is 2. The molecule has 182 valence electrons. The molecule has 2 aromatic rings. The first-order chi connectivity index (χ1) is 16.1. The lowest BCUT2D eigenvalue weighted by atomic mass is 10.0. The molecule has 0 bridgehead atoms. The van der Waals surface area contributed by atoms with Crippen LogP contribution < -0.4 is 5.32 Å². The first-order valence-electron chi connectivity index (χ1n) is 11.2. The summed E-state index contributed by atoms with van der Waals surface area (Å²) in [7, 11) is -0.851. The van der Waals surface area contributed by atoms with Crippen molar-refractivity contribution in [2.24, 2.45) is 5.92 Å². The van der Waals surface area contributed by atoms with Gasteiger partial charge in [-0.1, -0.05) is 23.7 Å². The average Bonchev–Trinajstić information content (AvgIpc) is 3.53. The number of likely N-dealkylation sites (tertiary alicyclic amines) is 1. The van der Waals surface area contributed by atoms with Gasteiger partial charge in [-0.25, -0.2) is 17.1 Å². The number of halogens is 2. The van der Waals surface area contributed by atoms with E-state index in [4.69, 9.17) is 11.6 Å². The molecule has 1 saturated carbocycles. The second-order valence-corrected chi connectivity index (χ2v) is 11.5. The van der Waals surface area contributed by atoms with Crippen molar-refractivity contribution in [1.82, 2.24) is 14.5 Å². The van der Waals surface area contributed by atoms with Gasteiger partial charge in [0, 0.05) is 26.2 Å². The highest BCUT2D eigenvalue weighted by atomic mass is 35.5. The minimum Gasteiger partial charge on any atom is -0.347 e. The van der Waals surface area contributed by atoms with Gasteiger partial charge in [0.05, 0.1) is 16.0 Å². The third-order valence-electron chi connectivity index (χ3n) is 6.37. The minimum absolute atomic E-state index is 0.0158. The topological polar surface area (TPSA) is 86.8 Å². The van der Waals surface area contributed by atoms with Gasteiger partial charge in [-0.15, -0.1) is 0 Å². The number of nitrogens with one attached hydrogen (secondary N) is 1. The molecule has 0 radical (unpaired) electrons. The summed E-state index contributed by atoms with van der Waals surface area (Å²) in [4.78, 5) is 28.0. The Labute approximate surface area is 203 Å². The molecule has 1 aliphatic heterocycles. The maximum absolute atomic E-state index is 14.0. The van der Waals surface area contributed by atoms with Crippen LogP contribution in [0.15, 0.2) is 47.4 Å². The SMILES string of the molecule is CN(C)S(=O)(=O)c1cccc(C(=O)N2CCC[C@@H]2C(=O)NC(c2ccc(Cl)c(F)c2)C2CC2)c1. The van der Waals surface area contributed by atoms with Gasteiger partial charge in [0.15, 0.2) is 0 Å². The smallest absolute Gasteiger partial charge is 0.254 e. The van der Waals surface area contributed by atoms with Gasteiger partial charge < -0.3 is 10.2 Å². The largest absolute Gasteiger partial charge is 0.347 e. The van der Waals surface area contributed by atoms with Crippen molar-refractivity contribution < 1.29 is 22.4 Å². The molecule has 1 aliphatic carbocycles. The van der Waals surface area contributed by atoms with Gasteiger partial charge in [0.1, 0.15) is 11.9 Å². The van der Waals surface area contributed by atoms with Crippen LogP contribution in [0.5, 0.6) is 0 Å². The van der Waals surface area contributed by atoms with Crippen LogP contribution in [-0.2, 0) is 14.8 Å². The summed E-state index contributed by atoms with van der Waals surface area (Å²) < 4.78 is 40.1. The van der Waals surface area contributed by atoms with Gasteiger partial charge in [-0.05, 0) is 67.5 Å². The molecule has 2 fully saturated rings. The van der Waals surface area contributed by atoms with Crippen molar-refractivity contribution >= 4 is 33.4 Å². The molecule has 0 aromatic heterocycles. The molecular formula is C24H27ClFN3O4S. The number of carbonyl (C=O) groups is 2. The summed E-state index contributed by atoms with van der Waals surface area (Å²) in [5.74, 6) is -1.02. The highest BCUT2D eigenvalue weighted by Crippen LogP contribution is 2.41. The zero-order valence-electron chi connectivity index (χ0n) is 19.0. The molecule has 1 N–H and O–H groups in total. The summed E-state index contributed by atoms with van der Waals surface area (Å²) in [5, 5.41) is 3.05. The molecule has 2 aromatic carbocycles. The number of benzene rings is 2. The van der Waals surface area contributed by atoms with E-state index in [1.54, 1.807) is 12.1 Å². The van der Waals surface area contributed by atoms with E-state index in [1.807, 2.05) is 0 Å². The number of amides is 2. The molecule has 0 spiro atoms. The van der Waals surface area contributed by atoms with E-state index in [1.165, 1.54) is 49.3 Å². The fourth-order valence-electron chi connectivity index (χ4n) is 4.31. The van der Waals surface area contributed by atoms with Crippen LogP contribution >= 0.6 is 11.6 Å². The Bertz CT molecular complexity index is 1220. The van der Waals surface area contributed by atoms with Crippen LogP contribution in [0.3, 0.4) is 0 Å². The molecular weight excluding hydrogens is 481 g/mol. The minimum atomic E-state index is -3.70. The van der Waals surface area contributed by atoms with Gasteiger partial charge in [-0.3, -0.25) is 9.59 Å². The molecule has 1 saturated heterocycles. The molecule has 34 heavy (non-hydrogen) atoms. The predicted molar refractivity (Wildman–Crippen MR) is 126 cm³/mol. The Balaban J connectivity index is 1.53. The standard InChI is InChI=1S/C24H27ClFN3O4S/c1-28(2)34(32,33)18-6-3-5-17(13-18)24(31)29-12-4-7-21(29)23(30)27-22(15-8-9-15)16-10-11-19(25)20(26)14-16/h3,5-6,10-11,13-15,21-22H,4,7-9,12H2,1-2H3,(H,27,30)/t21-,22?/m1/s1. The number of nitrogens with zero attached hydrogens (tertiary/aromatic N) is 2. The van der Waals surface area contributed by atoms with Crippen molar-refractivity contribution in [3.63, 3.8) is 0 Å². The fourth-order valence-corrected chi connectivity index (χ4v) is 5.37. The van der Waals surface area contributed by atoms with Gasteiger partial charge in [-0.2, -0.15) is 0 Å². The van der Waals surface area contributed by atoms with Gasteiger partial charge >= 0.3 is 0 Å². The molecule has 4 rings (SSSR count). The lowest BCUT2D eigenvalue weighted by Gasteiger charge is -2.27. The lowest BCUT2D eigenvalue weighted by molar-refractivity contribution is -0.125. The number of hydrogen-bond donors (Lipinski definition) is 1. The maximum atomic E-state index is 14.0. The predicted octanol–water partition coefficient (Wildman–Crippen LogP) is 3.60. The highest BCUT2D eigenvalue weighted by molar-refractivity contribution is 7.89. The van der Waals surface area contributed by atoms with Gasteiger partial charge in [0.2, 0.25) is 15.9 Å². The van der Waals surface area contributed by atoms with Gasteiger partial charge in [0.25, 0.3) is 5.91 Å². The molecule has 7 nitrogen and oxygen atoms in total. The maximum Gasteiger partial charge on any atom is 0.254 e. The number of sulfonamides is 1. The van der Waals surface area contributed by atoms with Crippen LogP contribution in [0.2, 0.25) is 5.02 Å². The third-order valence-corrected chi connectivity index (χ3v) is 8.49. The second-order valence-electron chi connectivity index (χ2n) is 8.97. The van der Waals surface area contributed by atoms with Crippen LogP contribution in [0.4, 0.5) is 4.39 Å². The zero-order valence-corrected chi connectivity index (χ0v) is 20.6. The molecule has 2 atom stereocenters. The van der Waals surface area contributed by atoms with E-state index >= 15 is 0 Å². The molecule has 2 amide bonds. The van der Waals surface area contributed by atoms with E-state index in [0.717, 1.165) is 17.1 Å². The summed E-state index contributed by atoms with van der Waals surface area (Å²) in [6, 6.07) is 9.35. The normalized spacial score (nSPS) is 19.3.